The summed E-state index contributed by atoms with van der Waals surface area (Å²) in [4.78, 5) is 0.331. The van der Waals surface area contributed by atoms with Gasteiger partial charge in [0.25, 0.3) is 0 Å². The second kappa shape index (κ2) is 6.74. The number of hydrogen-bond donors (Lipinski definition) is 1. The summed E-state index contributed by atoms with van der Waals surface area (Å²) >= 11 is 0. The molecule has 0 saturated carbocycles. The maximum atomic E-state index is 12.6. The first-order chi connectivity index (χ1) is 9.25. The van der Waals surface area contributed by atoms with Gasteiger partial charge in [-0.25, -0.2) is 8.42 Å². The Balaban J connectivity index is 3.16. The molecule has 5 nitrogen and oxygen atoms in total. The van der Waals surface area contributed by atoms with Gasteiger partial charge in [-0.3, -0.25) is 0 Å². The van der Waals surface area contributed by atoms with Gasteiger partial charge in [-0.05, 0) is 33.3 Å². The second-order valence-corrected chi connectivity index (χ2v) is 7.53. The monoisotopic (exact) mass is 301 g/mol. The minimum absolute atomic E-state index is 0.00581. The molecule has 0 amide bonds. The van der Waals surface area contributed by atoms with Crippen molar-refractivity contribution in [3.63, 3.8) is 0 Å². The van der Waals surface area contributed by atoms with Crippen LogP contribution in [-0.2, 0) is 16.6 Å². The summed E-state index contributed by atoms with van der Waals surface area (Å²) in [5.74, 6) is 0. The molecule has 0 saturated heterocycles. The van der Waals surface area contributed by atoms with Crippen LogP contribution in [0.3, 0.4) is 0 Å². The fourth-order valence-corrected chi connectivity index (χ4v) is 3.73. The molecule has 0 aromatic carbocycles. The standard InChI is InChI=1S/C14H27N3O2S/c1-6-7-12(4)16(5)20(18,19)14-8-13(9-15)17(10-14)11(2)3/h8,10-12H,6-7,9,15H2,1-5H3. The van der Waals surface area contributed by atoms with Crippen molar-refractivity contribution in [1.29, 1.82) is 0 Å². The fraction of sp³-hybridized carbons (Fsp3) is 0.714. The van der Waals surface area contributed by atoms with Crippen molar-refractivity contribution < 1.29 is 8.42 Å². The third-order valence-corrected chi connectivity index (χ3v) is 5.61. The van der Waals surface area contributed by atoms with E-state index < -0.39 is 10.0 Å². The van der Waals surface area contributed by atoms with E-state index in [1.807, 2.05) is 25.3 Å². The van der Waals surface area contributed by atoms with Gasteiger partial charge in [0.15, 0.2) is 0 Å². The molecule has 1 atom stereocenters. The van der Waals surface area contributed by atoms with Gasteiger partial charge in [-0.2, -0.15) is 4.31 Å². The number of hydrogen-bond acceptors (Lipinski definition) is 3. The van der Waals surface area contributed by atoms with Crippen LogP contribution >= 0.6 is 0 Å². The molecule has 0 bridgehead atoms. The second-order valence-electron chi connectivity index (χ2n) is 5.53. The van der Waals surface area contributed by atoms with Gasteiger partial charge < -0.3 is 10.3 Å². The highest BCUT2D eigenvalue weighted by Crippen LogP contribution is 2.23. The van der Waals surface area contributed by atoms with Crippen LogP contribution in [0.25, 0.3) is 0 Å². The quantitative estimate of drug-likeness (QED) is 0.840. The zero-order valence-corrected chi connectivity index (χ0v) is 13.9. The van der Waals surface area contributed by atoms with Crippen molar-refractivity contribution in [2.75, 3.05) is 7.05 Å². The highest BCUT2D eigenvalue weighted by Gasteiger charge is 2.27. The van der Waals surface area contributed by atoms with Crippen LogP contribution in [0.1, 0.15) is 52.3 Å². The topological polar surface area (TPSA) is 68.3 Å². The number of sulfonamides is 1. The molecule has 116 valence electrons. The van der Waals surface area contributed by atoms with Crippen molar-refractivity contribution in [3.05, 3.63) is 18.0 Å². The summed E-state index contributed by atoms with van der Waals surface area (Å²) in [6, 6.07) is 1.87. The van der Waals surface area contributed by atoms with Crippen molar-refractivity contribution in [3.8, 4) is 0 Å². The Morgan fingerprint density at radius 1 is 1.35 bits per heavy atom. The molecule has 20 heavy (non-hydrogen) atoms. The van der Waals surface area contributed by atoms with E-state index in [9.17, 15) is 8.42 Å². The number of nitrogens with zero attached hydrogens (tertiary/aromatic N) is 2. The Hall–Kier alpha value is -0.850. The molecule has 0 aliphatic rings. The van der Waals surface area contributed by atoms with E-state index in [1.54, 1.807) is 19.3 Å². The van der Waals surface area contributed by atoms with Crippen molar-refractivity contribution in [1.82, 2.24) is 8.87 Å². The van der Waals surface area contributed by atoms with Crippen LogP contribution in [0.4, 0.5) is 0 Å². The van der Waals surface area contributed by atoms with E-state index in [1.165, 1.54) is 4.31 Å². The van der Waals surface area contributed by atoms with Crippen LogP contribution in [-0.4, -0.2) is 30.4 Å². The van der Waals surface area contributed by atoms with Crippen LogP contribution in [0.2, 0.25) is 0 Å². The van der Waals surface area contributed by atoms with Crippen molar-refractivity contribution >= 4 is 10.0 Å². The first-order valence-electron chi connectivity index (χ1n) is 7.14. The Kier molecular flexibility index (Phi) is 5.79. The Morgan fingerprint density at radius 2 is 1.95 bits per heavy atom. The van der Waals surface area contributed by atoms with E-state index in [2.05, 4.69) is 6.92 Å². The lowest BCUT2D eigenvalue weighted by Gasteiger charge is -2.23. The van der Waals surface area contributed by atoms with Crippen LogP contribution < -0.4 is 5.73 Å². The highest BCUT2D eigenvalue weighted by atomic mass is 32.2. The molecular formula is C14H27N3O2S. The van der Waals surface area contributed by atoms with Gasteiger partial charge in [0.2, 0.25) is 10.0 Å². The number of nitrogens with two attached hydrogens (primary N) is 1. The van der Waals surface area contributed by atoms with E-state index in [4.69, 9.17) is 5.73 Å². The lowest BCUT2D eigenvalue weighted by molar-refractivity contribution is 0.368. The molecule has 1 heterocycles. The Bertz CT molecular complexity index is 535. The predicted octanol–water partition coefficient (Wildman–Crippen LogP) is 2.34. The molecule has 0 radical (unpaired) electrons. The van der Waals surface area contributed by atoms with Gasteiger partial charge in [0.05, 0.1) is 0 Å². The maximum Gasteiger partial charge on any atom is 0.244 e. The van der Waals surface area contributed by atoms with Crippen molar-refractivity contribution in [2.24, 2.45) is 5.73 Å². The van der Waals surface area contributed by atoms with E-state index in [0.29, 0.717) is 11.4 Å². The van der Waals surface area contributed by atoms with Crippen molar-refractivity contribution in [2.45, 2.75) is 64.1 Å². The van der Waals surface area contributed by atoms with Crippen LogP contribution in [0.15, 0.2) is 17.2 Å². The molecule has 0 spiro atoms. The smallest absolute Gasteiger partial charge is 0.244 e. The Labute approximate surface area is 122 Å². The van der Waals surface area contributed by atoms with Crippen LogP contribution in [0.5, 0.6) is 0 Å². The summed E-state index contributed by atoms with van der Waals surface area (Å²) in [6.07, 6.45) is 3.50. The minimum Gasteiger partial charge on any atom is -0.346 e. The normalized spacial score (nSPS) is 14.2. The molecule has 0 aliphatic heterocycles. The largest absolute Gasteiger partial charge is 0.346 e. The molecule has 6 heteroatoms. The van der Waals surface area contributed by atoms with E-state index in [-0.39, 0.29) is 12.1 Å². The molecule has 0 fully saturated rings. The first kappa shape index (κ1) is 17.2. The molecule has 1 aromatic rings. The van der Waals surface area contributed by atoms with Gasteiger partial charge in [-0.1, -0.05) is 13.3 Å². The first-order valence-corrected chi connectivity index (χ1v) is 8.58. The zero-order chi connectivity index (χ0) is 15.5. The molecule has 2 N–H and O–H groups in total. The van der Waals surface area contributed by atoms with E-state index >= 15 is 0 Å². The SMILES string of the molecule is CCCC(C)N(C)S(=O)(=O)c1cc(CN)n(C(C)C)c1. The minimum atomic E-state index is -3.45. The summed E-state index contributed by atoms with van der Waals surface area (Å²) < 4.78 is 28.6. The summed E-state index contributed by atoms with van der Waals surface area (Å²) in [7, 11) is -1.81. The molecule has 1 rings (SSSR count). The van der Waals surface area contributed by atoms with Gasteiger partial charge in [0, 0.05) is 37.6 Å². The fourth-order valence-electron chi connectivity index (χ4n) is 2.28. The van der Waals surface area contributed by atoms with Crippen LogP contribution in [0, 0.1) is 0 Å². The lowest BCUT2D eigenvalue weighted by atomic mass is 10.2. The third kappa shape index (κ3) is 3.42. The summed E-state index contributed by atoms with van der Waals surface area (Å²) in [6.45, 7) is 8.35. The average molecular weight is 301 g/mol. The maximum absolute atomic E-state index is 12.6. The van der Waals surface area contributed by atoms with E-state index in [0.717, 1.165) is 18.5 Å². The zero-order valence-electron chi connectivity index (χ0n) is 13.1. The molecule has 1 aromatic heterocycles. The molecular weight excluding hydrogens is 274 g/mol. The highest BCUT2D eigenvalue weighted by molar-refractivity contribution is 7.89. The third-order valence-electron chi connectivity index (χ3n) is 3.68. The van der Waals surface area contributed by atoms with Gasteiger partial charge >= 0.3 is 0 Å². The predicted molar refractivity (Wildman–Crippen MR) is 82.0 cm³/mol. The molecule has 1 unspecified atom stereocenters. The summed E-state index contributed by atoms with van der Waals surface area (Å²) in [5.41, 5.74) is 6.54. The Morgan fingerprint density at radius 3 is 2.35 bits per heavy atom. The molecule has 0 aliphatic carbocycles. The number of rotatable bonds is 7. The lowest BCUT2D eigenvalue weighted by Crippen LogP contribution is -2.34. The summed E-state index contributed by atoms with van der Waals surface area (Å²) in [5, 5.41) is 0. The van der Waals surface area contributed by atoms with Gasteiger partial charge in [0.1, 0.15) is 4.90 Å². The van der Waals surface area contributed by atoms with Gasteiger partial charge in [-0.15, -0.1) is 0 Å². The average Bonchev–Trinajstić information content (AvgIpc) is 2.82. The number of aromatic nitrogens is 1.